The van der Waals surface area contributed by atoms with E-state index in [0.717, 1.165) is 17.2 Å². The van der Waals surface area contributed by atoms with E-state index in [1.54, 1.807) is 58.2 Å². The number of amides is 4. The number of carboxylic acid groups (broad SMARTS) is 1. The Hall–Kier alpha value is -6.00. The molecule has 1 aromatic heterocycles. The number of aromatic nitrogens is 1. The number of benzene rings is 3. The van der Waals surface area contributed by atoms with E-state index in [-0.39, 0.29) is 55.1 Å². The molecule has 4 aromatic rings. The summed E-state index contributed by atoms with van der Waals surface area (Å²) in [7, 11) is 1.54. The molecule has 0 spiro atoms. The van der Waals surface area contributed by atoms with Crippen molar-refractivity contribution in [2.75, 3.05) is 42.4 Å². The van der Waals surface area contributed by atoms with Gasteiger partial charge in [-0.05, 0) is 80.1 Å². The average molecular weight is 774 g/mol. The SMILES string of the molecule is Cc1cc2ccc1[C@@H](C)COC(=O)Nc1cc(F)c(O[C@@H]3COC[C@@H]3O)c(c1)CN(C)C(=O)[C@@H]2Nc1ccc2c(N(C(=O)O)C(=O)OC(C)(C)C)nccc2c1. The zero-order valence-electron chi connectivity index (χ0n) is 31.8. The van der Waals surface area contributed by atoms with Crippen LogP contribution in [-0.2, 0) is 25.5 Å². The molecule has 0 radical (unpaired) electrons. The second kappa shape index (κ2) is 16.0. The number of imide groups is 1. The molecule has 4 heterocycles. The predicted octanol–water partition coefficient (Wildman–Crippen LogP) is 6.72. The van der Waals surface area contributed by atoms with E-state index in [1.807, 2.05) is 26.0 Å². The van der Waals surface area contributed by atoms with Crippen molar-refractivity contribution in [3.8, 4) is 5.75 Å². The fourth-order valence-electron chi connectivity index (χ4n) is 6.64. The third-order valence-electron chi connectivity index (χ3n) is 9.32. The molecule has 3 aromatic carbocycles. The first kappa shape index (κ1) is 39.7. The van der Waals surface area contributed by atoms with E-state index in [0.29, 0.717) is 26.9 Å². The van der Waals surface area contributed by atoms with Crippen LogP contribution in [0, 0.1) is 12.7 Å². The van der Waals surface area contributed by atoms with Gasteiger partial charge in [0.15, 0.2) is 23.5 Å². The fourth-order valence-corrected chi connectivity index (χ4v) is 6.64. The number of aliphatic hydroxyl groups excluding tert-OH is 1. The maximum Gasteiger partial charge on any atom is 0.425 e. The lowest BCUT2D eigenvalue weighted by molar-refractivity contribution is -0.131. The van der Waals surface area contributed by atoms with Crippen LogP contribution in [0.15, 0.2) is 60.8 Å². The number of ether oxygens (including phenoxy) is 4. The van der Waals surface area contributed by atoms with Crippen molar-refractivity contribution in [3.05, 3.63) is 88.9 Å². The third kappa shape index (κ3) is 8.76. The fraction of sp³-hybridized carbons (Fsp3) is 0.375. The number of nitrogens with zero attached hydrogens (tertiary/aromatic N) is 3. The summed E-state index contributed by atoms with van der Waals surface area (Å²) in [4.78, 5) is 58.6. The maximum absolute atomic E-state index is 15.8. The van der Waals surface area contributed by atoms with Gasteiger partial charge in [0.25, 0.3) is 0 Å². The van der Waals surface area contributed by atoms with E-state index in [4.69, 9.17) is 18.9 Å². The van der Waals surface area contributed by atoms with Gasteiger partial charge in [-0.25, -0.2) is 23.8 Å². The summed E-state index contributed by atoms with van der Waals surface area (Å²) in [5.74, 6) is -1.84. The summed E-state index contributed by atoms with van der Waals surface area (Å²) in [5.41, 5.74) is 2.13. The molecule has 4 amide bonds. The lowest BCUT2D eigenvalue weighted by Gasteiger charge is -2.28. The van der Waals surface area contributed by atoms with Crippen LogP contribution in [0.5, 0.6) is 5.75 Å². The van der Waals surface area contributed by atoms with E-state index in [1.165, 1.54) is 17.2 Å². The molecule has 1 saturated heterocycles. The Kier molecular flexibility index (Phi) is 11.3. The van der Waals surface area contributed by atoms with Gasteiger partial charge in [0.05, 0.1) is 19.8 Å². The van der Waals surface area contributed by atoms with Crippen LogP contribution in [0.1, 0.15) is 61.9 Å². The number of nitrogens with one attached hydrogen (secondary N) is 2. The number of carbonyl (C=O) groups is 4. The lowest BCUT2D eigenvalue weighted by atomic mass is 9.93. The van der Waals surface area contributed by atoms with Gasteiger partial charge in [-0.2, -0.15) is 4.90 Å². The molecular weight excluding hydrogens is 729 g/mol. The highest BCUT2D eigenvalue weighted by atomic mass is 19.1. The third-order valence-corrected chi connectivity index (χ3v) is 9.32. The Balaban J connectivity index is 1.39. The number of hydrogen-bond acceptors (Lipinski definition) is 11. The van der Waals surface area contributed by atoms with Gasteiger partial charge in [-0.3, -0.25) is 10.1 Å². The number of likely N-dealkylation sites (N-methyl/N-ethyl adjacent to an activating group) is 1. The van der Waals surface area contributed by atoms with Crippen molar-refractivity contribution in [2.45, 2.75) is 70.9 Å². The van der Waals surface area contributed by atoms with Crippen LogP contribution < -0.4 is 20.3 Å². The molecule has 4 bridgehead atoms. The van der Waals surface area contributed by atoms with E-state index in [2.05, 4.69) is 15.6 Å². The minimum absolute atomic E-state index is 0.0175. The second-order valence-electron chi connectivity index (χ2n) is 14.9. The molecule has 3 aliphatic rings. The number of anilines is 3. The summed E-state index contributed by atoms with van der Waals surface area (Å²) in [6.07, 6.45) is -3.97. The summed E-state index contributed by atoms with van der Waals surface area (Å²) < 4.78 is 37.8. The Morgan fingerprint density at radius 1 is 1.07 bits per heavy atom. The smallest absolute Gasteiger partial charge is 0.425 e. The van der Waals surface area contributed by atoms with E-state index in [9.17, 15) is 29.4 Å². The standard InChI is InChI=1S/C40H44FN5O10/c1-21-13-24-7-9-28(21)22(2)18-54-37(49)44-27-15-25(34(30(41)16-27)55-32-20-53-19-31(32)47)17-45(6)36(48)33(24)43-26-8-10-29-23(14-26)11-12-42-35(29)46(38(50)51)39(52)56-40(3,4)5/h7-16,22,31-33,43,47H,17-20H2,1-6H3,(H,44,49)(H,50,51)/t22-,31-,32+,33+/m0/s1. The van der Waals surface area contributed by atoms with Crippen molar-refractivity contribution in [2.24, 2.45) is 0 Å². The first-order valence-electron chi connectivity index (χ1n) is 17.9. The lowest BCUT2D eigenvalue weighted by Crippen LogP contribution is -2.40. The van der Waals surface area contributed by atoms with Crippen LogP contribution >= 0.6 is 0 Å². The molecule has 0 saturated carbocycles. The number of aryl methyl sites for hydroxylation is 1. The highest BCUT2D eigenvalue weighted by Gasteiger charge is 2.33. The first-order valence-corrected chi connectivity index (χ1v) is 17.9. The number of carbonyl (C=O) groups excluding carboxylic acids is 3. The Bertz CT molecular complexity index is 2180. The predicted molar refractivity (Wildman–Crippen MR) is 204 cm³/mol. The van der Waals surface area contributed by atoms with Crippen molar-refractivity contribution in [1.82, 2.24) is 9.88 Å². The zero-order valence-corrected chi connectivity index (χ0v) is 31.8. The number of halogens is 1. The van der Waals surface area contributed by atoms with Crippen LogP contribution in [-0.4, -0.2) is 89.0 Å². The van der Waals surface area contributed by atoms with Crippen LogP contribution in [0.2, 0.25) is 0 Å². The molecule has 16 heteroatoms. The van der Waals surface area contributed by atoms with Crippen LogP contribution in [0.25, 0.3) is 10.8 Å². The Morgan fingerprint density at radius 3 is 2.52 bits per heavy atom. The van der Waals surface area contributed by atoms with E-state index >= 15 is 4.39 Å². The first-order chi connectivity index (χ1) is 26.5. The largest absolute Gasteiger partial charge is 0.482 e. The molecule has 56 heavy (non-hydrogen) atoms. The average Bonchev–Trinajstić information content (AvgIpc) is 3.53. The molecule has 0 unspecified atom stereocenters. The Morgan fingerprint density at radius 2 is 1.84 bits per heavy atom. The number of rotatable bonds is 5. The number of hydrogen-bond donors (Lipinski definition) is 4. The van der Waals surface area contributed by atoms with Gasteiger partial charge in [0.1, 0.15) is 17.7 Å². The molecule has 7 rings (SSSR count). The van der Waals surface area contributed by atoms with Gasteiger partial charge < -0.3 is 39.4 Å². The number of aliphatic hydroxyl groups is 1. The second-order valence-corrected chi connectivity index (χ2v) is 14.9. The molecule has 4 atom stereocenters. The zero-order chi connectivity index (χ0) is 40.5. The number of fused-ring (bicyclic) bond motifs is 10. The maximum atomic E-state index is 15.8. The van der Waals surface area contributed by atoms with Crippen molar-refractivity contribution < 1.29 is 52.7 Å². The Labute approximate surface area is 322 Å². The summed E-state index contributed by atoms with van der Waals surface area (Å²) in [5, 5.41) is 27.1. The molecule has 15 nitrogen and oxygen atoms in total. The minimum atomic E-state index is -1.57. The van der Waals surface area contributed by atoms with Gasteiger partial charge in [0, 0.05) is 54.1 Å². The minimum Gasteiger partial charge on any atom is -0.482 e. The topological polar surface area (TPSA) is 189 Å². The number of pyridine rings is 1. The molecular formula is C40H44FN5O10. The molecule has 296 valence electrons. The summed E-state index contributed by atoms with van der Waals surface area (Å²) in [6.45, 7) is 8.54. The van der Waals surface area contributed by atoms with Gasteiger partial charge >= 0.3 is 18.3 Å². The van der Waals surface area contributed by atoms with Gasteiger partial charge in [-0.1, -0.05) is 25.1 Å². The van der Waals surface area contributed by atoms with Crippen LogP contribution in [0.4, 0.5) is 36.0 Å². The molecule has 4 N–H and O–H groups in total. The highest BCUT2D eigenvalue weighted by molar-refractivity contribution is 6.13. The molecule has 0 aliphatic carbocycles. The van der Waals surface area contributed by atoms with Crippen molar-refractivity contribution in [1.29, 1.82) is 0 Å². The quantitative estimate of drug-likeness (QED) is 0.168. The van der Waals surface area contributed by atoms with Crippen molar-refractivity contribution in [3.63, 3.8) is 0 Å². The monoisotopic (exact) mass is 773 g/mol. The van der Waals surface area contributed by atoms with Gasteiger partial charge in [0.2, 0.25) is 5.91 Å². The van der Waals surface area contributed by atoms with Crippen molar-refractivity contribution >= 4 is 52.2 Å². The summed E-state index contributed by atoms with van der Waals surface area (Å²) >= 11 is 0. The molecule has 1 fully saturated rings. The summed E-state index contributed by atoms with van der Waals surface area (Å²) in [6, 6.07) is 13.7. The van der Waals surface area contributed by atoms with Gasteiger partial charge in [-0.15, -0.1) is 0 Å². The van der Waals surface area contributed by atoms with E-state index < -0.39 is 53.9 Å². The normalized spacial score (nSPS) is 20.3. The highest BCUT2D eigenvalue weighted by Crippen LogP contribution is 2.34. The molecule has 3 aliphatic heterocycles. The van der Waals surface area contributed by atoms with Crippen LogP contribution in [0.3, 0.4) is 0 Å².